The van der Waals surface area contributed by atoms with Crippen LogP contribution in [0.15, 0.2) is 29.2 Å². The molecule has 1 atom stereocenters. The Morgan fingerprint density at radius 2 is 1.72 bits per heavy atom. The Morgan fingerprint density at radius 1 is 1.16 bits per heavy atom. The SMILES string of the molecule is COC(=O)[C@H](COS(=O)(=O)c1ccc(C)cc1)NC(=O)OC(C)(C)C. The summed E-state index contributed by atoms with van der Waals surface area (Å²) < 4.78 is 38.8. The number of rotatable bonds is 6. The molecule has 1 aromatic carbocycles. The molecule has 1 rings (SSSR count). The van der Waals surface area contributed by atoms with Gasteiger partial charge in [-0.15, -0.1) is 0 Å². The van der Waals surface area contributed by atoms with E-state index in [1.165, 1.54) is 12.1 Å². The van der Waals surface area contributed by atoms with Gasteiger partial charge in [-0.2, -0.15) is 8.42 Å². The van der Waals surface area contributed by atoms with Crippen molar-refractivity contribution in [3.05, 3.63) is 29.8 Å². The maximum absolute atomic E-state index is 12.2. The fourth-order valence-electron chi connectivity index (χ4n) is 1.69. The van der Waals surface area contributed by atoms with Crippen molar-refractivity contribution in [3.8, 4) is 0 Å². The summed E-state index contributed by atoms with van der Waals surface area (Å²) in [6.45, 7) is 6.14. The molecule has 0 aliphatic rings. The summed E-state index contributed by atoms with van der Waals surface area (Å²) in [6.07, 6.45) is -0.890. The van der Waals surface area contributed by atoms with Gasteiger partial charge in [-0.1, -0.05) is 17.7 Å². The largest absolute Gasteiger partial charge is 0.467 e. The van der Waals surface area contributed by atoms with Crippen LogP contribution >= 0.6 is 0 Å². The van der Waals surface area contributed by atoms with Gasteiger partial charge in [0.2, 0.25) is 0 Å². The number of methoxy groups -OCH3 is 1. The predicted octanol–water partition coefficient (Wildman–Crippen LogP) is 1.77. The molecular weight excluding hydrogens is 350 g/mol. The first-order valence-electron chi connectivity index (χ1n) is 7.48. The number of carbonyl (C=O) groups excluding carboxylic acids is 2. The summed E-state index contributed by atoms with van der Waals surface area (Å²) in [5, 5.41) is 2.23. The van der Waals surface area contributed by atoms with Crippen LogP contribution in [-0.2, 0) is 28.6 Å². The van der Waals surface area contributed by atoms with Crippen LogP contribution < -0.4 is 5.32 Å². The zero-order valence-electron chi connectivity index (χ0n) is 14.9. The van der Waals surface area contributed by atoms with E-state index >= 15 is 0 Å². The van der Waals surface area contributed by atoms with Gasteiger partial charge in [0.15, 0.2) is 6.04 Å². The monoisotopic (exact) mass is 373 g/mol. The van der Waals surface area contributed by atoms with E-state index in [1.807, 2.05) is 6.92 Å². The first-order chi connectivity index (χ1) is 11.4. The van der Waals surface area contributed by atoms with Crippen molar-refractivity contribution in [2.75, 3.05) is 13.7 Å². The van der Waals surface area contributed by atoms with Crippen molar-refractivity contribution in [2.24, 2.45) is 0 Å². The minimum Gasteiger partial charge on any atom is -0.467 e. The Hall–Kier alpha value is -2.13. The van der Waals surface area contributed by atoms with Gasteiger partial charge in [-0.3, -0.25) is 4.18 Å². The quantitative estimate of drug-likeness (QED) is 0.598. The molecule has 0 radical (unpaired) electrons. The van der Waals surface area contributed by atoms with Gasteiger partial charge in [0.05, 0.1) is 18.6 Å². The fraction of sp³-hybridized carbons (Fsp3) is 0.500. The lowest BCUT2D eigenvalue weighted by Gasteiger charge is -2.22. The summed E-state index contributed by atoms with van der Waals surface area (Å²) in [5.74, 6) is -0.857. The van der Waals surface area contributed by atoms with E-state index in [9.17, 15) is 18.0 Å². The molecule has 0 aliphatic heterocycles. The molecule has 140 valence electrons. The van der Waals surface area contributed by atoms with Crippen LogP contribution in [0.2, 0.25) is 0 Å². The Morgan fingerprint density at radius 3 is 2.20 bits per heavy atom. The number of hydrogen-bond donors (Lipinski definition) is 1. The second-order valence-electron chi connectivity index (χ2n) is 6.27. The molecule has 0 saturated carbocycles. The molecule has 1 amide bonds. The molecular formula is C16H23NO7S. The van der Waals surface area contributed by atoms with E-state index in [0.717, 1.165) is 12.7 Å². The highest BCUT2D eigenvalue weighted by Gasteiger charge is 2.28. The van der Waals surface area contributed by atoms with E-state index in [-0.39, 0.29) is 4.90 Å². The smallest absolute Gasteiger partial charge is 0.408 e. The molecule has 0 heterocycles. The van der Waals surface area contributed by atoms with Crippen molar-refractivity contribution in [3.63, 3.8) is 0 Å². The first-order valence-corrected chi connectivity index (χ1v) is 8.89. The zero-order chi connectivity index (χ0) is 19.3. The molecule has 0 spiro atoms. The van der Waals surface area contributed by atoms with E-state index in [0.29, 0.717) is 0 Å². The van der Waals surface area contributed by atoms with Crippen LogP contribution in [0, 0.1) is 6.92 Å². The van der Waals surface area contributed by atoms with Gasteiger partial charge >= 0.3 is 12.1 Å². The topological polar surface area (TPSA) is 108 Å². The maximum Gasteiger partial charge on any atom is 0.408 e. The van der Waals surface area contributed by atoms with Crippen LogP contribution in [0.4, 0.5) is 4.79 Å². The van der Waals surface area contributed by atoms with Crippen LogP contribution in [0.1, 0.15) is 26.3 Å². The Kier molecular flexibility index (Phi) is 6.95. The van der Waals surface area contributed by atoms with Gasteiger partial charge in [-0.25, -0.2) is 9.59 Å². The number of carbonyl (C=O) groups is 2. The van der Waals surface area contributed by atoms with Gasteiger partial charge in [0, 0.05) is 0 Å². The van der Waals surface area contributed by atoms with Gasteiger partial charge in [-0.05, 0) is 39.8 Å². The van der Waals surface area contributed by atoms with Crippen LogP contribution in [-0.4, -0.2) is 45.8 Å². The third-order valence-corrected chi connectivity index (χ3v) is 4.17. The first kappa shape index (κ1) is 20.9. The molecule has 8 nitrogen and oxygen atoms in total. The van der Waals surface area contributed by atoms with E-state index in [2.05, 4.69) is 10.1 Å². The highest BCUT2D eigenvalue weighted by atomic mass is 32.2. The van der Waals surface area contributed by atoms with E-state index in [1.54, 1.807) is 32.9 Å². The summed E-state index contributed by atoms with van der Waals surface area (Å²) in [6, 6.07) is 4.68. The molecule has 0 aromatic heterocycles. The Bertz CT molecular complexity index is 705. The molecule has 0 aliphatic carbocycles. The standard InChI is InChI=1S/C16H23NO7S/c1-11-6-8-12(9-7-11)25(20,21)23-10-13(14(18)22-5)17-15(19)24-16(2,3)4/h6-9,13H,10H2,1-5H3,(H,17,19)/t13-/m0/s1. The average molecular weight is 373 g/mol. The van der Waals surface area contributed by atoms with E-state index in [4.69, 9.17) is 8.92 Å². The minimum atomic E-state index is -4.08. The van der Waals surface area contributed by atoms with Crippen molar-refractivity contribution in [2.45, 2.75) is 44.2 Å². The van der Waals surface area contributed by atoms with Crippen LogP contribution in [0.3, 0.4) is 0 Å². The van der Waals surface area contributed by atoms with Crippen molar-refractivity contribution < 1.29 is 31.7 Å². The molecule has 25 heavy (non-hydrogen) atoms. The predicted molar refractivity (Wildman–Crippen MR) is 89.5 cm³/mol. The second-order valence-corrected chi connectivity index (χ2v) is 7.89. The summed E-state index contributed by atoms with van der Waals surface area (Å²) in [4.78, 5) is 23.5. The maximum atomic E-state index is 12.2. The normalized spacial score (nSPS) is 13.0. The number of benzene rings is 1. The van der Waals surface area contributed by atoms with Crippen LogP contribution in [0.25, 0.3) is 0 Å². The number of ether oxygens (including phenoxy) is 2. The lowest BCUT2D eigenvalue weighted by Crippen LogP contribution is -2.46. The number of aryl methyl sites for hydroxylation is 1. The minimum absolute atomic E-state index is 0.0565. The molecule has 0 fully saturated rings. The van der Waals surface area contributed by atoms with Gasteiger partial charge < -0.3 is 14.8 Å². The molecule has 0 saturated heterocycles. The Balaban J connectivity index is 2.80. The zero-order valence-corrected chi connectivity index (χ0v) is 15.7. The summed E-state index contributed by atoms with van der Waals surface area (Å²) in [7, 11) is -2.97. The number of nitrogens with one attached hydrogen (secondary N) is 1. The summed E-state index contributed by atoms with van der Waals surface area (Å²) in [5.41, 5.74) is 0.109. The molecule has 0 bridgehead atoms. The molecule has 9 heteroatoms. The Labute approximate surface area is 147 Å². The number of alkyl carbamates (subject to hydrolysis) is 1. The van der Waals surface area contributed by atoms with Crippen LogP contribution in [0.5, 0.6) is 0 Å². The lowest BCUT2D eigenvalue weighted by molar-refractivity contribution is -0.143. The van der Waals surface area contributed by atoms with Crippen molar-refractivity contribution >= 4 is 22.2 Å². The third kappa shape index (κ3) is 7.10. The average Bonchev–Trinajstić information content (AvgIpc) is 2.49. The fourth-order valence-corrected chi connectivity index (χ4v) is 2.61. The lowest BCUT2D eigenvalue weighted by atomic mass is 10.2. The van der Waals surface area contributed by atoms with Gasteiger partial charge in [0.25, 0.3) is 10.1 Å². The number of esters is 1. The van der Waals surface area contributed by atoms with E-state index < -0.39 is 40.4 Å². The molecule has 1 aromatic rings. The highest BCUT2D eigenvalue weighted by Crippen LogP contribution is 2.14. The molecule has 1 N–H and O–H groups in total. The molecule has 0 unspecified atom stereocenters. The summed E-state index contributed by atoms with van der Waals surface area (Å²) >= 11 is 0. The van der Waals surface area contributed by atoms with Gasteiger partial charge in [0.1, 0.15) is 5.60 Å². The number of amides is 1. The second kappa shape index (κ2) is 8.30. The highest BCUT2D eigenvalue weighted by molar-refractivity contribution is 7.86. The van der Waals surface area contributed by atoms with Crippen molar-refractivity contribution in [1.82, 2.24) is 5.32 Å². The number of hydrogen-bond acceptors (Lipinski definition) is 7. The third-order valence-electron chi connectivity index (χ3n) is 2.88. The van der Waals surface area contributed by atoms with Crippen molar-refractivity contribution in [1.29, 1.82) is 0 Å².